The van der Waals surface area contributed by atoms with Crippen LogP contribution < -0.4 is 10.0 Å². The van der Waals surface area contributed by atoms with Gasteiger partial charge in [0.05, 0.1) is 5.75 Å². The highest BCUT2D eigenvalue weighted by Gasteiger charge is 2.17. The van der Waals surface area contributed by atoms with E-state index in [1.54, 1.807) is 11.3 Å². The van der Waals surface area contributed by atoms with Gasteiger partial charge in [-0.1, -0.05) is 6.07 Å². The maximum Gasteiger partial charge on any atom is 0.212 e. The number of thiophene rings is 1. The Morgan fingerprint density at radius 2 is 2.33 bits per heavy atom. The summed E-state index contributed by atoms with van der Waals surface area (Å²) in [6.45, 7) is 1.52. The van der Waals surface area contributed by atoms with Crippen LogP contribution >= 0.6 is 23.7 Å². The van der Waals surface area contributed by atoms with Gasteiger partial charge in [-0.3, -0.25) is 0 Å². The van der Waals surface area contributed by atoms with E-state index < -0.39 is 10.0 Å². The highest BCUT2D eigenvalue weighted by molar-refractivity contribution is 7.89. The zero-order chi connectivity index (χ0) is 12.1. The molecule has 1 aromatic heterocycles. The topological polar surface area (TPSA) is 58.2 Å². The third kappa shape index (κ3) is 5.24. The predicted molar refractivity (Wildman–Crippen MR) is 78.1 cm³/mol. The number of rotatable bonds is 6. The van der Waals surface area contributed by atoms with Crippen LogP contribution in [0.15, 0.2) is 17.5 Å². The van der Waals surface area contributed by atoms with Crippen LogP contribution in [0.1, 0.15) is 17.7 Å². The average molecular weight is 311 g/mol. The molecule has 7 heteroatoms. The van der Waals surface area contributed by atoms with Crippen molar-refractivity contribution in [3.05, 3.63) is 22.4 Å². The minimum absolute atomic E-state index is 0. The van der Waals surface area contributed by atoms with Crippen LogP contribution in [0.25, 0.3) is 0 Å². The number of halogens is 1. The molecule has 2 rings (SSSR count). The molecule has 0 saturated carbocycles. The minimum atomic E-state index is -3.13. The van der Waals surface area contributed by atoms with Crippen LogP contribution in [-0.2, 0) is 16.4 Å². The molecule has 2 N–H and O–H groups in total. The van der Waals surface area contributed by atoms with E-state index in [0.29, 0.717) is 19.0 Å². The Hall–Kier alpha value is -0.140. The fourth-order valence-corrected chi connectivity index (χ4v) is 3.85. The lowest BCUT2D eigenvalue weighted by Crippen LogP contribution is -2.38. The summed E-state index contributed by atoms with van der Waals surface area (Å²) in [5, 5.41) is 5.24. The van der Waals surface area contributed by atoms with Crippen molar-refractivity contribution in [2.24, 2.45) is 0 Å². The number of hydrogen-bond donors (Lipinski definition) is 2. The number of aryl methyl sites for hydroxylation is 1. The summed E-state index contributed by atoms with van der Waals surface area (Å²) in [5.41, 5.74) is 0. The molecule has 0 aromatic carbocycles. The van der Waals surface area contributed by atoms with E-state index in [9.17, 15) is 8.42 Å². The maximum atomic E-state index is 11.7. The highest BCUT2D eigenvalue weighted by atomic mass is 35.5. The van der Waals surface area contributed by atoms with E-state index in [-0.39, 0.29) is 18.2 Å². The maximum absolute atomic E-state index is 11.7. The van der Waals surface area contributed by atoms with Crippen molar-refractivity contribution in [3.8, 4) is 0 Å². The fourth-order valence-electron chi connectivity index (χ4n) is 1.92. The van der Waals surface area contributed by atoms with Gasteiger partial charge in [-0.2, -0.15) is 0 Å². The molecule has 4 nitrogen and oxygen atoms in total. The van der Waals surface area contributed by atoms with Gasteiger partial charge in [0, 0.05) is 17.5 Å². The normalized spacial score (nSPS) is 19.7. The van der Waals surface area contributed by atoms with Gasteiger partial charge in [0.2, 0.25) is 10.0 Å². The van der Waals surface area contributed by atoms with Gasteiger partial charge in [-0.25, -0.2) is 13.1 Å². The molecule has 104 valence electrons. The second-order valence-corrected chi connectivity index (χ2v) is 7.25. The third-order valence-corrected chi connectivity index (χ3v) is 5.19. The molecular formula is C11H19ClN2O2S2. The van der Waals surface area contributed by atoms with Crippen molar-refractivity contribution in [1.82, 2.24) is 10.0 Å². The summed E-state index contributed by atoms with van der Waals surface area (Å²) in [6.07, 6.45) is 2.81. The van der Waals surface area contributed by atoms with E-state index in [1.165, 1.54) is 0 Å². The second kappa shape index (κ2) is 7.45. The molecule has 1 aliphatic heterocycles. The van der Waals surface area contributed by atoms with Crippen LogP contribution in [0.5, 0.6) is 0 Å². The average Bonchev–Trinajstić information content (AvgIpc) is 2.97. The first kappa shape index (κ1) is 15.9. The minimum Gasteiger partial charge on any atom is -0.313 e. The molecule has 0 amide bonds. The van der Waals surface area contributed by atoms with Gasteiger partial charge >= 0.3 is 0 Å². The monoisotopic (exact) mass is 310 g/mol. The molecular weight excluding hydrogens is 292 g/mol. The summed E-state index contributed by atoms with van der Waals surface area (Å²) in [6, 6.07) is 4.23. The van der Waals surface area contributed by atoms with Crippen LogP contribution in [0, 0.1) is 0 Å². The van der Waals surface area contributed by atoms with Crippen molar-refractivity contribution in [2.45, 2.75) is 25.3 Å². The van der Waals surface area contributed by atoms with Gasteiger partial charge in [0.1, 0.15) is 0 Å². The lowest BCUT2D eigenvalue weighted by Gasteiger charge is -2.11. The summed E-state index contributed by atoms with van der Waals surface area (Å²) in [4.78, 5) is 1.12. The van der Waals surface area contributed by atoms with Crippen molar-refractivity contribution in [1.29, 1.82) is 0 Å². The Balaban J connectivity index is 0.00000162. The Labute approximate surface area is 119 Å². The Morgan fingerprint density at radius 1 is 1.50 bits per heavy atom. The second-order valence-electron chi connectivity index (χ2n) is 4.29. The first-order valence-electron chi connectivity index (χ1n) is 5.89. The largest absolute Gasteiger partial charge is 0.313 e. The molecule has 0 spiro atoms. The number of sulfonamides is 1. The van der Waals surface area contributed by atoms with E-state index in [4.69, 9.17) is 0 Å². The van der Waals surface area contributed by atoms with Crippen LogP contribution in [0.4, 0.5) is 0 Å². The molecule has 2 heterocycles. The zero-order valence-corrected chi connectivity index (χ0v) is 12.5. The van der Waals surface area contributed by atoms with Crippen molar-refractivity contribution in [3.63, 3.8) is 0 Å². The van der Waals surface area contributed by atoms with E-state index >= 15 is 0 Å². The summed E-state index contributed by atoms with van der Waals surface area (Å²) >= 11 is 1.60. The van der Waals surface area contributed by atoms with Gasteiger partial charge in [0.25, 0.3) is 0 Å². The Bertz CT molecular complexity index is 428. The van der Waals surface area contributed by atoms with Gasteiger partial charge in [0.15, 0.2) is 0 Å². The first-order chi connectivity index (χ1) is 8.16. The van der Waals surface area contributed by atoms with Crippen molar-refractivity contribution in [2.75, 3.05) is 18.8 Å². The smallest absolute Gasteiger partial charge is 0.212 e. The van der Waals surface area contributed by atoms with Crippen LogP contribution in [-0.4, -0.2) is 33.3 Å². The van der Waals surface area contributed by atoms with Crippen LogP contribution in [0.2, 0.25) is 0 Å². The van der Waals surface area contributed by atoms with E-state index in [0.717, 1.165) is 24.3 Å². The van der Waals surface area contributed by atoms with Crippen molar-refractivity contribution < 1.29 is 8.42 Å². The highest BCUT2D eigenvalue weighted by Crippen LogP contribution is 2.10. The molecule has 1 aliphatic rings. The SMILES string of the molecule is Cl.O=S(=O)(CCc1cccs1)NCC1CCCN1. The standard InChI is InChI=1S/C11H18N2O2S2.ClH/c14-17(15,8-5-11-4-2-7-16-11)13-9-10-3-1-6-12-10;/h2,4,7,10,12-13H,1,3,5-6,8-9H2;1H. The van der Waals surface area contributed by atoms with Gasteiger partial charge in [-0.15, -0.1) is 23.7 Å². The van der Waals surface area contributed by atoms with Crippen molar-refractivity contribution >= 4 is 33.8 Å². The molecule has 0 radical (unpaired) electrons. The molecule has 0 aliphatic carbocycles. The summed E-state index contributed by atoms with van der Waals surface area (Å²) < 4.78 is 26.2. The molecule has 1 aromatic rings. The van der Waals surface area contributed by atoms with Gasteiger partial charge < -0.3 is 5.32 Å². The predicted octanol–water partition coefficient (Wildman–Crippen LogP) is 1.38. The molecule has 1 saturated heterocycles. The Morgan fingerprint density at radius 3 is 2.94 bits per heavy atom. The molecule has 18 heavy (non-hydrogen) atoms. The molecule has 1 fully saturated rings. The lowest BCUT2D eigenvalue weighted by molar-refractivity contribution is 0.551. The zero-order valence-electron chi connectivity index (χ0n) is 10.1. The van der Waals surface area contributed by atoms with Crippen LogP contribution in [0.3, 0.4) is 0 Å². The van der Waals surface area contributed by atoms with E-state index in [2.05, 4.69) is 10.0 Å². The van der Waals surface area contributed by atoms with Gasteiger partial charge in [-0.05, 0) is 37.3 Å². The first-order valence-corrected chi connectivity index (χ1v) is 8.42. The summed E-state index contributed by atoms with van der Waals surface area (Å²) in [5.74, 6) is 0.181. The number of hydrogen-bond acceptors (Lipinski definition) is 4. The quantitative estimate of drug-likeness (QED) is 0.834. The lowest BCUT2D eigenvalue weighted by atomic mass is 10.2. The molecule has 1 atom stereocenters. The fraction of sp³-hybridized carbons (Fsp3) is 0.636. The summed E-state index contributed by atoms with van der Waals surface area (Å²) in [7, 11) is -3.13. The Kier molecular flexibility index (Phi) is 6.59. The molecule has 0 bridgehead atoms. The molecule has 1 unspecified atom stereocenters. The number of nitrogens with one attached hydrogen (secondary N) is 2. The third-order valence-electron chi connectivity index (χ3n) is 2.91. The van der Waals surface area contributed by atoms with E-state index in [1.807, 2.05) is 17.5 Å².